The smallest absolute Gasteiger partial charge is 0.0108 e. The van der Waals surface area contributed by atoms with Gasteiger partial charge in [0.25, 0.3) is 0 Å². The molecule has 0 N–H and O–H groups in total. The molecule has 108 valence electrons. The standard InChI is InChI=1S/C20H28/c1-19(2)15-9-7-13(17(19)11-15)5-6-14-8-10-16-12-18(14)20(16,3)4/h5-8,15-18H,9-12H2,1-4H3/b6-5+. The zero-order valence-corrected chi connectivity index (χ0v) is 13.4. The Morgan fingerprint density at radius 1 is 0.800 bits per heavy atom. The second-order valence-electron chi connectivity index (χ2n) is 8.83. The first-order chi connectivity index (χ1) is 9.40. The Morgan fingerprint density at radius 3 is 1.50 bits per heavy atom. The Bertz CT molecular complexity index is 478. The third-order valence-corrected chi connectivity index (χ3v) is 7.49. The molecule has 20 heavy (non-hydrogen) atoms. The van der Waals surface area contributed by atoms with Gasteiger partial charge in [0.05, 0.1) is 0 Å². The molecule has 0 amide bonds. The predicted molar refractivity (Wildman–Crippen MR) is 85.3 cm³/mol. The average molecular weight is 268 g/mol. The molecule has 0 radical (unpaired) electrons. The molecule has 0 heterocycles. The van der Waals surface area contributed by atoms with E-state index in [1.165, 1.54) is 25.7 Å². The van der Waals surface area contributed by atoms with Crippen LogP contribution in [-0.2, 0) is 0 Å². The average Bonchev–Trinajstić information content (AvgIpc) is 2.45. The maximum atomic E-state index is 2.51. The minimum Gasteiger partial charge on any atom is -0.0807 e. The summed E-state index contributed by atoms with van der Waals surface area (Å²) in [6.07, 6.45) is 15.4. The van der Waals surface area contributed by atoms with Crippen LogP contribution in [0.4, 0.5) is 0 Å². The van der Waals surface area contributed by atoms with Gasteiger partial charge in [0, 0.05) is 0 Å². The molecule has 4 bridgehead atoms. The minimum atomic E-state index is 0.552. The summed E-state index contributed by atoms with van der Waals surface area (Å²) in [5.74, 6) is 3.54. The van der Waals surface area contributed by atoms with Crippen molar-refractivity contribution >= 4 is 0 Å². The van der Waals surface area contributed by atoms with E-state index in [-0.39, 0.29) is 0 Å². The molecule has 4 unspecified atom stereocenters. The first kappa shape index (κ1) is 12.9. The summed E-state index contributed by atoms with van der Waals surface area (Å²) >= 11 is 0. The van der Waals surface area contributed by atoms with E-state index in [0.717, 1.165) is 23.7 Å². The Balaban J connectivity index is 1.53. The molecule has 0 nitrogen and oxygen atoms in total. The Morgan fingerprint density at radius 2 is 1.20 bits per heavy atom. The van der Waals surface area contributed by atoms with Gasteiger partial charge in [-0.2, -0.15) is 0 Å². The number of hydrogen-bond donors (Lipinski definition) is 0. The van der Waals surface area contributed by atoms with Crippen LogP contribution >= 0.6 is 0 Å². The van der Waals surface area contributed by atoms with Crippen LogP contribution in [0.3, 0.4) is 0 Å². The molecule has 0 aromatic carbocycles. The molecule has 0 heteroatoms. The van der Waals surface area contributed by atoms with Gasteiger partial charge in [-0.3, -0.25) is 0 Å². The molecule has 4 atom stereocenters. The summed E-state index contributed by atoms with van der Waals surface area (Å²) in [4.78, 5) is 0. The Kier molecular flexibility index (Phi) is 2.52. The highest BCUT2D eigenvalue weighted by Gasteiger charge is 2.52. The first-order valence-corrected chi connectivity index (χ1v) is 8.49. The summed E-state index contributed by atoms with van der Waals surface area (Å²) < 4.78 is 0. The third-order valence-electron chi connectivity index (χ3n) is 7.49. The number of rotatable bonds is 2. The van der Waals surface area contributed by atoms with Crippen LogP contribution in [0.25, 0.3) is 0 Å². The van der Waals surface area contributed by atoms with Crippen molar-refractivity contribution in [3.05, 3.63) is 35.5 Å². The van der Waals surface area contributed by atoms with Crippen molar-refractivity contribution in [1.82, 2.24) is 0 Å². The molecule has 2 saturated carbocycles. The normalized spacial score (nSPS) is 43.4. The van der Waals surface area contributed by atoms with E-state index in [1.807, 2.05) is 0 Å². The zero-order chi connectivity index (χ0) is 14.1. The van der Waals surface area contributed by atoms with Crippen LogP contribution in [0, 0.1) is 34.5 Å². The molecule has 0 spiro atoms. The number of hydrogen-bond acceptors (Lipinski definition) is 0. The van der Waals surface area contributed by atoms with Gasteiger partial charge in [0.1, 0.15) is 0 Å². The lowest BCUT2D eigenvalue weighted by molar-refractivity contribution is -0.00474. The number of fused-ring (bicyclic) bond motifs is 2. The molecular weight excluding hydrogens is 240 g/mol. The Hall–Kier alpha value is -0.780. The van der Waals surface area contributed by atoms with Crippen molar-refractivity contribution < 1.29 is 0 Å². The van der Waals surface area contributed by atoms with E-state index in [1.54, 1.807) is 11.1 Å². The van der Waals surface area contributed by atoms with Crippen molar-refractivity contribution in [1.29, 1.82) is 0 Å². The van der Waals surface area contributed by atoms with Gasteiger partial charge in [0.2, 0.25) is 0 Å². The van der Waals surface area contributed by atoms with Gasteiger partial charge in [-0.1, -0.05) is 52.0 Å². The van der Waals surface area contributed by atoms with Gasteiger partial charge in [-0.05, 0) is 71.3 Å². The fraction of sp³-hybridized carbons (Fsp3) is 0.700. The molecule has 0 aromatic heterocycles. The quantitative estimate of drug-likeness (QED) is 0.618. The van der Waals surface area contributed by atoms with Gasteiger partial charge in [0.15, 0.2) is 0 Å². The lowest BCUT2D eigenvalue weighted by Gasteiger charge is -2.57. The second-order valence-corrected chi connectivity index (χ2v) is 8.83. The maximum absolute atomic E-state index is 2.51. The summed E-state index contributed by atoms with van der Waals surface area (Å²) in [5.41, 5.74) is 4.35. The molecular formula is C20H28. The first-order valence-electron chi connectivity index (χ1n) is 8.49. The fourth-order valence-electron chi connectivity index (χ4n) is 5.37. The monoisotopic (exact) mass is 268 g/mol. The molecule has 6 aliphatic carbocycles. The van der Waals surface area contributed by atoms with E-state index in [4.69, 9.17) is 0 Å². The molecule has 2 fully saturated rings. The highest BCUT2D eigenvalue weighted by atomic mass is 14.6. The van der Waals surface area contributed by atoms with E-state index < -0.39 is 0 Å². The van der Waals surface area contributed by atoms with Crippen LogP contribution in [0.15, 0.2) is 35.5 Å². The summed E-state index contributed by atoms with van der Waals surface area (Å²) in [6.45, 7) is 9.86. The van der Waals surface area contributed by atoms with E-state index >= 15 is 0 Å². The van der Waals surface area contributed by atoms with Gasteiger partial charge >= 0.3 is 0 Å². The SMILES string of the molecule is CC1(C)C2CC=C(/C=C/C3=CCC4CC3C4(C)C)C1C2. The van der Waals surface area contributed by atoms with Crippen LogP contribution in [0.1, 0.15) is 53.4 Å². The lowest BCUT2D eigenvalue weighted by atomic mass is 9.48. The summed E-state index contributed by atoms with van der Waals surface area (Å²) in [5, 5.41) is 0. The fourth-order valence-corrected chi connectivity index (χ4v) is 5.37. The van der Waals surface area contributed by atoms with Crippen LogP contribution in [-0.4, -0.2) is 0 Å². The van der Waals surface area contributed by atoms with Crippen molar-refractivity contribution in [2.75, 3.05) is 0 Å². The van der Waals surface area contributed by atoms with E-state index in [2.05, 4.69) is 52.0 Å². The topological polar surface area (TPSA) is 0 Å². The van der Waals surface area contributed by atoms with Gasteiger partial charge in [-0.15, -0.1) is 0 Å². The molecule has 6 aliphatic rings. The highest BCUT2D eigenvalue weighted by molar-refractivity contribution is 5.39. The van der Waals surface area contributed by atoms with Gasteiger partial charge < -0.3 is 0 Å². The molecule has 0 aromatic rings. The van der Waals surface area contributed by atoms with Crippen molar-refractivity contribution in [3.8, 4) is 0 Å². The van der Waals surface area contributed by atoms with E-state index in [9.17, 15) is 0 Å². The zero-order valence-electron chi connectivity index (χ0n) is 13.4. The second kappa shape index (κ2) is 3.90. The molecule has 6 rings (SSSR count). The van der Waals surface area contributed by atoms with Crippen molar-refractivity contribution in [2.24, 2.45) is 34.5 Å². The van der Waals surface area contributed by atoms with Crippen molar-refractivity contribution in [3.63, 3.8) is 0 Å². The lowest BCUT2D eigenvalue weighted by Crippen LogP contribution is -2.48. The Labute approximate surface area is 124 Å². The maximum Gasteiger partial charge on any atom is -0.0108 e. The van der Waals surface area contributed by atoms with Crippen LogP contribution < -0.4 is 0 Å². The number of allylic oxidation sites excluding steroid dienone is 6. The van der Waals surface area contributed by atoms with E-state index in [0.29, 0.717) is 10.8 Å². The minimum absolute atomic E-state index is 0.552. The molecule has 0 saturated heterocycles. The van der Waals surface area contributed by atoms with Crippen LogP contribution in [0.2, 0.25) is 0 Å². The third kappa shape index (κ3) is 1.54. The van der Waals surface area contributed by atoms with Crippen molar-refractivity contribution in [2.45, 2.75) is 53.4 Å². The molecule has 0 aliphatic heterocycles. The van der Waals surface area contributed by atoms with Crippen LogP contribution in [0.5, 0.6) is 0 Å². The highest BCUT2D eigenvalue weighted by Crippen LogP contribution is 2.61. The predicted octanol–water partition coefficient (Wildman–Crippen LogP) is 5.53. The summed E-state index contributed by atoms with van der Waals surface area (Å²) in [7, 11) is 0. The summed E-state index contributed by atoms with van der Waals surface area (Å²) in [6, 6.07) is 0. The van der Waals surface area contributed by atoms with Gasteiger partial charge in [-0.25, -0.2) is 0 Å². The largest absolute Gasteiger partial charge is 0.0807 e.